The molecule has 1 aromatic carbocycles. The highest BCUT2D eigenvalue weighted by molar-refractivity contribution is 5.94. The standard InChI is InChI=1S/C18H20FN7O2/c19-13-5-1-2-6-15(13)26-9-8-25(18(26)28)12-4-3-7-24(11-12)17-21-10-14(16(20)27)22-23-17/h1-2,5-6,10,12H,3-4,7-9,11H2,(H2,20,27). The maximum atomic E-state index is 14.1. The van der Waals surface area contributed by atoms with Crippen LogP contribution in [0.3, 0.4) is 0 Å². The Hall–Kier alpha value is -3.30. The van der Waals surface area contributed by atoms with Gasteiger partial charge in [-0.1, -0.05) is 12.1 Å². The van der Waals surface area contributed by atoms with E-state index < -0.39 is 11.7 Å². The number of halogens is 1. The molecular formula is C18H20FN7O2. The first-order valence-corrected chi connectivity index (χ1v) is 9.11. The van der Waals surface area contributed by atoms with Gasteiger partial charge in [-0.15, -0.1) is 10.2 Å². The molecule has 2 aliphatic heterocycles. The Bertz CT molecular complexity index is 892. The van der Waals surface area contributed by atoms with Gasteiger partial charge in [0.05, 0.1) is 17.9 Å². The molecule has 2 saturated heterocycles. The average Bonchev–Trinajstić information content (AvgIpc) is 3.10. The number of primary amides is 1. The van der Waals surface area contributed by atoms with E-state index in [9.17, 15) is 14.0 Å². The van der Waals surface area contributed by atoms with Crippen LogP contribution in [0.2, 0.25) is 0 Å². The molecule has 1 unspecified atom stereocenters. The number of urea groups is 1. The Morgan fingerprint density at radius 3 is 2.71 bits per heavy atom. The summed E-state index contributed by atoms with van der Waals surface area (Å²) in [5, 5.41) is 7.77. The first-order valence-electron chi connectivity index (χ1n) is 9.11. The van der Waals surface area contributed by atoms with Gasteiger partial charge < -0.3 is 15.5 Å². The molecule has 10 heteroatoms. The Morgan fingerprint density at radius 2 is 2.00 bits per heavy atom. The van der Waals surface area contributed by atoms with Crippen LogP contribution in [-0.4, -0.2) is 64.2 Å². The maximum Gasteiger partial charge on any atom is 0.325 e. The number of benzene rings is 1. The van der Waals surface area contributed by atoms with E-state index in [1.54, 1.807) is 23.1 Å². The molecule has 2 aromatic rings. The molecule has 3 heterocycles. The van der Waals surface area contributed by atoms with E-state index in [2.05, 4.69) is 15.2 Å². The summed E-state index contributed by atoms with van der Waals surface area (Å²) < 4.78 is 14.1. The molecule has 0 bridgehead atoms. The average molecular weight is 385 g/mol. The Morgan fingerprint density at radius 1 is 1.18 bits per heavy atom. The fraction of sp³-hybridized carbons (Fsp3) is 0.389. The minimum Gasteiger partial charge on any atom is -0.364 e. The molecule has 146 valence electrons. The number of carbonyl (C=O) groups excluding carboxylic acids is 2. The predicted molar refractivity (Wildman–Crippen MR) is 99.4 cm³/mol. The highest BCUT2D eigenvalue weighted by Gasteiger charge is 2.37. The van der Waals surface area contributed by atoms with Crippen LogP contribution in [0.1, 0.15) is 23.3 Å². The minimum absolute atomic E-state index is 0.00700. The third-order valence-electron chi connectivity index (χ3n) is 5.11. The fourth-order valence-corrected chi connectivity index (χ4v) is 3.70. The van der Waals surface area contributed by atoms with E-state index in [-0.39, 0.29) is 17.8 Å². The lowest BCUT2D eigenvalue weighted by Crippen LogP contribution is -2.50. The second-order valence-corrected chi connectivity index (χ2v) is 6.83. The van der Waals surface area contributed by atoms with Crippen LogP contribution in [0.25, 0.3) is 0 Å². The van der Waals surface area contributed by atoms with Gasteiger partial charge >= 0.3 is 6.03 Å². The van der Waals surface area contributed by atoms with Gasteiger partial charge in [-0.05, 0) is 25.0 Å². The fourth-order valence-electron chi connectivity index (χ4n) is 3.70. The second kappa shape index (κ2) is 7.37. The largest absolute Gasteiger partial charge is 0.364 e. The number of hydrogen-bond acceptors (Lipinski definition) is 6. The number of piperidine rings is 1. The lowest BCUT2D eigenvalue weighted by molar-refractivity contribution is 0.0994. The maximum absolute atomic E-state index is 14.1. The van der Waals surface area contributed by atoms with E-state index in [1.165, 1.54) is 17.2 Å². The van der Waals surface area contributed by atoms with Crippen LogP contribution in [0, 0.1) is 5.82 Å². The number of hydrogen-bond donors (Lipinski definition) is 1. The summed E-state index contributed by atoms with van der Waals surface area (Å²) in [5.74, 6) is -0.691. The van der Waals surface area contributed by atoms with Gasteiger partial charge in [-0.2, -0.15) is 0 Å². The van der Waals surface area contributed by atoms with Crippen LogP contribution in [-0.2, 0) is 0 Å². The van der Waals surface area contributed by atoms with Gasteiger partial charge in [0.2, 0.25) is 5.95 Å². The van der Waals surface area contributed by atoms with Crippen LogP contribution < -0.4 is 15.5 Å². The van der Waals surface area contributed by atoms with Crippen molar-refractivity contribution in [1.82, 2.24) is 20.1 Å². The lowest BCUT2D eigenvalue weighted by Gasteiger charge is -2.37. The minimum atomic E-state index is -0.682. The van der Waals surface area contributed by atoms with Crippen LogP contribution >= 0.6 is 0 Å². The number of nitrogens with zero attached hydrogens (tertiary/aromatic N) is 6. The topological polar surface area (TPSA) is 109 Å². The number of carbonyl (C=O) groups is 2. The molecule has 2 aliphatic rings. The van der Waals surface area contributed by atoms with Gasteiger partial charge in [0, 0.05) is 26.2 Å². The van der Waals surface area contributed by atoms with E-state index in [0.29, 0.717) is 31.3 Å². The van der Waals surface area contributed by atoms with Crippen LogP contribution in [0.5, 0.6) is 0 Å². The van der Waals surface area contributed by atoms with Crippen LogP contribution in [0.15, 0.2) is 30.5 Å². The van der Waals surface area contributed by atoms with Crippen molar-refractivity contribution in [3.8, 4) is 0 Å². The number of amides is 3. The summed E-state index contributed by atoms with van der Waals surface area (Å²) in [7, 11) is 0. The summed E-state index contributed by atoms with van der Waals surface area (Å²) in [6, 6.07) is 6.07. The third kappa shape index (κ3) is 3.32. The third-order valence-corrected chi connectivity index (χ3v) is 5.11. The summed E-state index contributed by atoms with van der Waals surface area (Å²) in [6.45, 7) is 2.26. The van der Waals surface area contributed by atoms with E-state index >= 15 is 0 Å². The Labute approximate surface area is 160 Å². The molecule has 1 aromatic heterocycles. The number of aromatic nitrogens is 3. The number of para-hydroxylation sites is 1. The molecule has 28 heavy (non-hydrogen) atoms. The first kappa shape index (κ1) is 18.1. The number of nitrogens with two attached hydrogens (primary N) is 1. The highest BCUT2D eigenvalue weighted by atomic mass is 19.1. The van der Waals surface area contributed by atoms with Crippen molar-refractivity contribution in [2.24, 2.45) is 5.73 Å². The van der Waals surface area contributed by atoms with Crippen LogP contribution in [0.4, 0.5) is 20.8 Å². The molecule has 1 atom stereocenters. The van der Waals surface area contributed by atoms with Crippen molar-refractivity contribution in [3.05, 3.63) is 42.0 Å². The monoisotopic (exact) mass is 385 g/mol. The smallest absolute Gasteiger partial charge is 0.325 e. The molecule has 3 amide bonds. The van der Waals surface area contributed by atoms with Crippen molar-refractivity contribution in [3.63, 3.8) is 0 Å². The molecule has 0 spiro atoms. The normalized spacial score (nSPS) is 20.0. The number of rotatable bonds is 4. The summed E-state index contributed by atoms with van der Waals surface area (Å²) in [6.07, 6.45) is 3.00. The summed E-state index contributed by atoms with van der Waals surface area (Å²) >= 11 is 0. The van der Waals surface area contributed by atoms with Crippen molar-refractivity contribution in [2.45, 2.75) is 18.9 Å². The lowest BCUT2D eigenvalue weighted by atomic mass is 10.0. The zero-order chi connectivity index (χ0) is 19.7. The molecule has 4 rings (SSSR count). The van der Waals surface area contributed by atoms with Gasteiger partial charge in [-0.25, -0.2) is 14.2 Å². The van der Waals surface area contributed by atoms with Gasteiger partial charge in [0.25, 0.3) is 5.91 Å². The van der Waals surface area contributed by atoms with Gasteiger partial charge in [-0.3, -0.25) is 9.69 Å². The molecule has 9 nitrogen and oxygen atoms in total. The van der Waals surface area contributed by atoms with E-state index in [1.807, 2.05) is 4.90 Å². The zero-order valence-electron chi connectivity index (χ0n) is 15.2. The van der Waals surface area contributed by atoms with Crippen molar-refractivity contribution in [1.29, 1.82) is 0 Å². The Kier molecular flexibility index (Phi) is 4.76. The van der Waals surface area contributed by atoms with Crippen molar-refractivity contribution < 1.29 is 14.0 Å². The molecular weight excluding hydrogens is 365 g/mol. The van der Waals surface area contributed by atoms with Gasteiger partial charge in [0.1, 0.15) is 5.82 Å². The summed E-state index contributed by atoms with van der Waals surface area (Å²) in [4.78, 5) is 33.4. The van der Waals surface area contributed by atoms with E-state index in [0.717, 1.165) is 19.4 Å². The quantitative estimate of drug-likeness (QED) is 0.842. The molecule has 2 N–H and O–H groups in total. The van der Waals surface area contributed by atoms with Gasteiger partial charge in [0.15, 0.2) is 5.69 Å². The van der Waals surface area contributed by atoms with Crippen molar-refractivity contribution in [2.75, 3.05) is 36.0 Å². The number of anilines is 2. The second-order valence-electron chi connectivity index (χ2n) is 6.83. The molecule has 2 fully saturated rings. The molecule has 0 radical (unpaired) electrons. The summed E-state index contributed by atoms with van der Waals surface area (Å²) in [5.41, 5.74) is 5.47. The molecule has 0 saturated carbocycles. The predicted octanol–water partition coefficient (Wildman–Crippen LogP) is 1.02. The first-order chi connectivity index (χ1) is 13.5. The Balaban J connectivity index is 1.47. The van der Waals surface area contributed by atoms with E-state index in [4.69, 9.17) is 5.73 Å². The highest BCUT2D eigenvalue weighted by Crippen LogP contribution is 2.27. The SMILES string of the molecule is NC(=O)c1cnc(N2CCCC(N3CCN(c4ccccc4F)C3=O)C2)nn1. The molecule has 0 aliphatic carbocycles. The zero-order valence-corrected chi connectivity index (χ0v) is 15.2. The van der Waals surface area contributed by atoms with Crippen molar-refractivity contribution >= 4 is 23.6 Å².